The molecular formula is C5H6O5. The molecule has 0 rings (SSSR count). The highest BCUT2D eigenvalue weighted by Crippen LogP contribution is 1.80. The van der Waals surface area contributed by atoms with Crippen molar-refractivity contribution in [3.05, 3.63) is 12.2 Å². The normalized spacial score (nSPS) is 9.70. The van der Waals surface area contributed by atoms with E-state index in [2.05, 4.69) is 9.78 Å². The van der Waals surface area contributed by atoms with Gasteiger partial charge in [0.25, 0.3) is 0 Å². The molecule has 0 saturated heterocycles. The SMILES string of the molecule is COOC(=O)/C=C\C(=O)O. The van der Waals surface area contributed by atoms with Crippen LogP contribution in [-0.4, -0.2) is 24.2 Å². The zero-order valence-corrected chi connectivity index (χ0v) is 5.23. The van der Waals surface area contributed by atoms with E-state index >= 15 is 0 Å². The van der Waals surface area contributed by atoms with Gasteiger partial charge in [-0.1, -0.05) is 0 Å². The molecule has 0 aromatic carbocycles. The molecule has 10 heavy (non-hydrogen) atoms. The van der Waals surface area contributed by atoms with Crippen LogP contribution in [0.3, 0.4) is 0 Å². The second-order valence-electron chi connectivity index (χ2n) is 1.24. The van der Waals surface area contributed by atoms with Crippen LogP contribution in [0.25, 0.3) is 0 Å². The molecule has 0 heterocycles. The minimum absolute atomic E-state index is 0.654. The fourth-order valence-electron chi connectivity index (χ4n) is 0.249. The lowest BCUT2D eigenvalue weighted by molar-refractivity contribution is -0.249. The topological polar surface area (TPSA) is 72.8 Å². The standard InChI is InChI=1S/C5H6O5/c1-9-10-5(8)3-2-4(6)7/h2-3H,1H3,(H,6,7)/b3-2-. The van der Waals surface area contributed by atoms with E-state index in [0.29, 0.717) is 6.08 Å². The third-order valence-corrected chi connectivity index (χ3v) is 0.527. The first-order valence-corrected chi connectivity index (χ1v) is 2.32. The molecule has 0 radical (unpaired) electrons. The zero-order chi connectivity index (χ0) is 7.98. The van der Waals surface area contributed by atoms with E-state index in [4.69, 9.17) is 5.11 Å². The Balaban J connectivity index is 3.67. The van der Waals surface area contributed by atoms with Crippen LogP contribution in [0.1, 0.15) is 0 Å². The van der Waals surface area contributed by atoms with E-state index in [0.717, 1.165) is 13.2 Å². The molecule has 0 amide bonds. The summed E-state index contributed by atoms with van der Waals surface area (Å²) in [5, 5.41) is 8.00. The lowest BCUT2D eigenvalue weighted by Crippen LogP contribution is -1.99. The summed E-state index contributed by atoms with van der Waals surface area (Å²) in [6.45, 7) is 0. The summed E-state index contributed by atoms with van der Waals surface area (Å²) in [6.07, 6.45) is 1.40. The highest BCUT2D eigenvalue weighted by Gasteiger charge is 1.95. The molecule has 0 saturated carbocycles. The van der Waals surface area contributed by atoms with Crippen LogP contribution in [0.2, 0.25) is 0 Å². The van der Waals surface area contributed by atoms with Gasteiger partial charge in [-0.15, -0.1) is 0 Å². The van der Waals surface area contributed by atoms with Gasteiger partial charge in [-0.2, -0.15) is 4.89 Å². The van der Waals surface area contributed by atoms with Gasteiger partial charge < -0.3 is 5.11 Å². The van der Waals surface area contributed by atoms with E-state index in [9.17, 15) is 9.59 Å². The Hall–Kier alpha value is -1.36. The molecule has 0 atom stereocenters. The van der Waals surface area contributed by atoms with E-state index in [1.807, 2.05) is 0 Å². The number of aliphatic carboxylic acids is 1. The second kappa shape index (κ2) is 4.51. The highest BCUT2D eigenvalue weighted by atomic mass is 17.2. The summed E-state index contributed by atoms with van der Waals surface area (Å²) < 4.78 is 0. The Morgan fingerprint density at radius 1 is 1.40 bits per heavy atom. The summed E-state index contributed by atoms with van der Waals surface area (Å²) in [7, 11) is 1.15. The monoisotopic (exact) mass is 146 g/mol. The van der Waals surface area contributed by atoms with Crippen molar-refractivity contribution in [1.82, 2.24) is 0 Å². The first-order chi connectivity index (χ1) is 4.66. The lowest BCUT2D eigenvalue weighted by Gasteiger charge is -1.90. The second-order valence-corrected chi connectivity index (χ2v) is 1.24. The first kappa shape index (κ1) is 8.64. The van der Waals surface area contributed by atoms with Crippen molar-refractivity contribution in [3.8, 4) is 0 Å². The summed E-state index contributed by atoms with van der Waals surface area (Å²) in [5.74, 6) is -2.07. The quantitative estimate of drug-likeness (QED) is 0.337. The first-order valence-electron chi connectivity index (χ1n) is 2.32. The Kier molecular flexibility index (Phi) is 3.90. The van der Waals surface area contributed by atoms with Crippen LogP contribution in [-0.2, 0) is 19.4 Å². The number of carboxylic acids is 1. The smallest absolute Gasteiger partial charge is 0.366 e. The predicted molar refractivity (Wildman–Crippen MR) is 29.9 cm³/mol. The van der Waals surface area contributed by atoms with Crippen LogP contribution in [0.15, 0.2) is 12.2 Å². The molecule has 0 bridgehead atoms. The predicted octanol–water partition coefficient (Wildman–Crippen LogP) is -0.268. The van der Waals surface area contributed by atoms with Gasteiger partial charge >= 0.3 is 11.9 Å². The molecule has 5 nitrogen and oxygen atoms in total. The number of carbonyl (C=O) groups excluding carboxylic acids is 1. The average Bonchev–Trinajstić information content (AvgIpc) is 1.85. The third kappa shape index (κ3) is 4.79. The summed E-state index contributed by atoms with van der Waals surface area (Å²) in [4.78, 5) is 27.9. The molecule has 0 aliphatic rings. The summed E-state index contributed by atoms with van der Waals surface area (Å²) >= 11 is 0. The van der Waals surface area contributed by atoms with Crippen LogP contribution in [0, 0.1) is 0 Å². The van der Waals surface area contributed by atoms with Gasteiger partial charge in [0.1, 0.15) is 0 Å². The van der Waals surface area contributed by atoms with Crippen molar-refractivity contribution in [2.75, 3.05) is 7.11 Å². The molecule has 0 aliphatic carbocycles. The number of hydrogen-bond donors (Lipinski definition) is 1. The molecule has 5 heteroatoms. The Bertz CT molecular complexity index is 159. The van der Waals surface area contributed by atoms with Crippen molar-refractivity contribution in [3.63, 3.8) is 0 Å². The van der Waals surface area contributed by atoms with Gasteiger partial charge in [0.15, 0.2) is 0 Å². The highest BCUT2D eigenvalue weighted by molar-refractivity contribution is 5.90. The van der Waals surface area contributed by atoms with Crippen LogP contribution >= 0.6 is 0 Å². The Labute approximate surface area is 56.8 Å². The molecular weight excluding hydrogens is 140 g/mol. The van der Waals surface area contributed by atoms with Gasteiger partial charge in [-0.25, -0.2) is 9.59 Å². The fourth-order valence-corrected chi connectivity index (χ4v) is 0.249. The molecule has 0 spiro atoms. The summed E-state index contributed by atoms with van der Waals surface area (Å²) in [6, 6.07) is 0. The van der Waals surface area contributed by atoms with E-state index in [1.54, 1.807) is 0 Å². The fraction of sp³-hybridized carbons (Fsp3) is 0.200. The van der Waals surface area contributed by atoms with Crippen molar-refractivity contribution >= 4 is 11.9 Å². The Morgan fingerprint density at radius 3 is 2.40 bits per heavy atom. The minimum atomic E-state index is -1.21. The number of carboxylic acid groups (broad SMARTS) is 1. The van der Waals surface area contributed by atoms with Gasteiger partial charge in [-0.3, -0.25) is 4.89 Å². The largest absolute Gasteiger partial charge is 0.478 e. The average molecular weight is 146 g/mol. The molecule has 0 fully saturated rings. The number of rotatable bonds is 3. The molecule has 0 aliphatic heterocycles. The van der Waals surface area contributed by atoms with Crippen molar-refractivity contribution in [2.45, 2.75) is 0 Å². The molecule has 56 valence electrons. The maximum absolute atomic E-state index is 10.3. The van der Waals surface area contributed by atoms with Gasteiger partial charge in [0.2, 0.25) is 0 Å². The molecule has 0 aromatic rings. The molecule has 0 unspecified atom stereocenters. The molecule has 0 aromatic heterocycles. The van der Waals surface area contributed by atoms with E-state index in [-0.39, 0.29) is 0 Å². The number of hydrogen-bond acceptors (Lipinski definition) is 4. The zero-order valence-electron chi connectivity index (χ0n) is 5.23. The van der Waals surface area contributed by atoms with Crippen molar-refractivity contribution in [1.29, 1.82) is 0 Å². The molecule has 1 N–H and O–H groups in total. The summed E-state index contributed by atoms with van der Waals surface area (Å²) in [5.41, 5.74) is 0. The number of carbonyl (C=O) groups is 2. The van der Waals surface area contributed by atoms with Crippen LogP contribution < -0.4 is 0 Å². The van der Waals surface area contributed by atoms with Crippen molar-refractivity contribution in [2.24, 2.45) is 0 Å². The van der Waals surface area contributed by atoms with Crippen LogP contribution in [0.4, 0.5) is 0 Å². The minimum Gasteiger partial charge on any atom is -0.478 e. The Morgan fingerprint density at radius 2 is 2.00 bits per heavy atom. The van der Waals surface area contributed by atoms with Crippen LogP contribution in [0.5, 0.6) is 0 Å². The van der Waals surface area contributed by atoms with Gasteiger partial charge in [0.05, 0.1) is 7.11 Å². The third-order valence-electron chi connectivity index (χ3n) is 0.527. The maximum atomic E-state index is 10.3. The van der Waals surface area contributed by atoms with Gasteiger partial charge in [0, 0.05) is 12.2 Å². The van der Waals surface area contributed by atoms with Gasteiger partial charge in [-0.05, 0) is 0 Å². The van der Waals surface area contributed by atoms with E-state index in [1.165, 1.54) is 0 Å². The maximum Gasteiger partial charge on any atom is 0.366 e. The van der Waals surface area contributed by atoms with E-state index < -0.39 is 11.9 Å². The lowest BCUT2D eigenvalue weighted by atomic mass is 10.5. The van der Waals surface area contributed by atoms with Crippen molar-refractivity contribution < 1.29 is 24.5 Å².